The Bertz CT molecular complexity index is 1020. The Morgan fingerprint density at radius 1 is 1.07 bits per heavy atom. The summed E-state index contributed by atoms with van der Waals surface area (Å²) in [7, 11) is 0. The number of hydrogen-bond donors (Lipinski definition) is 3. The maximum atomic E-state index is 12.8. The number of ketones is 1. The van der Waals surface area contributed by atoms with Gasteiger partial charge in [-0.1, -0.05) is 18.2 Å². The lowest BCUT2D eigenvalue weighted by molar-refractivity contribution is 0.0262. The van der Waals surface area contributed by atoms with Gasteiger partial charge in [-0.25, -0.2) is 0 Å². The fourth-order valence-electron chi connectivity index (χ4n) is 5.05. The van der Waals surface area contributed by atoms with Gasteiger partial charge in [-0.15, -0.1) is 0 Å². The summed E-state index contributed by atoms with van der Waals surface area (Å²) in [6.07, 6.45) is -0.542. The van der Waals surface area contributed by atoms with Crippen LogP contribution in [0.2, 0.25) is 0 Å². The van der Waals surface area contributed by atoms with Crippen LogP contribution in [-0.2, 0) is 4.74 Å². The zero-order valence-electron chi connectivity index (χ0n) is 14.9. The predicted molar refractivity (Wildman–Crippen MR) is 99.7 cm³/mol. The summed E-state index contributed by atoms with van der Waals surface area (Å²) in [6, 6.07) is 8.56. The first-order valence-electron chi connectivity index (χ1n) is 9.28. The number of rotatable bonds is 2. The van der Waals surface area contributed by atoms with Crippen molar-refractivity contribution in [1.82, 2.24) is 0 Å². The number of phenolic OH excluding ortho intramolecular Hbond substituents is 2. The molecule has 0 unspecified atom stereocenters. The first-order chi connectivity index (χ1) is 13.0. The third kappa shape index (κ3) is 2.10. The topological polar surface area (TPSA) is 87.0 Å². The van der Waals surface area contributed by atoms with Gasteiger partial charge in [-0.05, 0) is 46.9 Å². The highest BCUT2D eigenvalue weighted by atomic mass is 16.5. The third-order valence-electron chi connectivity index (χ3n) is 6.00. The van der Waals surface area contributed by atoms with Crippen LogP contribution in [-0.4, -0.2) is 33.8 Å². The molecule has 5 rings (SSSR count). The van der Waals surface area contributed by atoms with E-state index >= 15 is 0 Å². The number of allylic oxidation sites excluding steroid dienone is 1. The number of benzene rings is 2. The highest BCUT2D eigenvalue weighted by Crippen LogP contribution is 2.59. The molecule has 0 spiro atoms. The number of carbonyl (C=O) groups is 1. The summed E-state index contributed by atoms with van der Waals surface area (Å²) in [5.41, 5.74) is 5.12. The summed E-state index contributed by atoms with van der Waals surface area (Å²) in [4.78, 5) is 12.8. The van der Waals surface area contributed by atoms with Crippen LogP contribution in [0.1, 0.15) is 64.4 Å². The summed E-state index contributed by atoms with van der Waals surface area (Å²) in [6.45, 7) is 2.36. The lowest BCUT2D eigenvalue weighted by Crippen LogP contribution is -2.24. The second-order valence-electron chi connectivity index (χ2n) is 7.37. The van der Waals surface area contributed by atoms with Crippen LogP contribution in [0.3, 0.4) is 0 Å². The minimum Gasteiger partial charge on any atom is -0.508 e. The van der Waals surface area contributed by atoms with E-state index in [0.717, 1.165) is 22.3 Å². The molecule has 0 saturated heterocycles. The molecule has 5 nitrogen and oxygen atoms in total. The number of phenols is 2. The molecule has 0 aromatic heterocycles. The van der Waals surface area contributed by atoms with Crippen LogP contribution in [0.25, 0.3) is 11.1 Å². The van der Waals surface area contributed by atoms with E-state index in [9.17, 15) is 20.1 Å². The third-order valence-corrected chi connectivity index (χ3v) is 6.00. The number of carbonyl (C=O) groups excluding carboxylic acids is 1. The Balaban J connectivity index is 1.84. The molecule has 0 amide bonds. The van der Waals surface area contributed by atoms with Crippen molar-refractivity contribution in [1.29, 1.82) is 0 Å². The van der Waals surface area contributed by atoms with Gasteiger partial charge in [0, 0.05) is 30.9 Å². The number of aliphatic hydroxyl groups is 1. The zero-order valence-corrected chi connectivity index (χ0v) is 14.9. The van der Waals surface area contributed by atoms with Crippen molar-refractivity contribution in [3.63, 3.8) is 0 Å². The van der Waals surface area contributed by atoms with Crippen LogP contribution in [0, 0.1) is 0 Å². The van der Waals surface area contributed by atoms with Crippen LogP contribution < -0.4 is 0 Å². The highest BCUT2D eigenvalue weighted by Gasteiger charge is 2.46. The molecule has 3 atom stereocenters. The van der Waals surface area contributed by atoms with Crippen LogP contribution >= 0.6 is 0 Å². The summed E-state index contributed by atoms with van der Waals surface area (Å²) in [5, 5.41) is 31.8. The quantitative estimate of drug-likeness (QED) is 0.759. The summed E-state index contributed by atoms with van der Waals surface area (Å²) >= 11 is 0. The normalized spacial score (nSPS) is 25.3. The maximum Gasteiger partial charge on any atom is 0.168 e. The molecular weight excluding hydrogens is 344 g/mol. The van der Waals surface area contributed by atoms with Gasteiger partial charge < -0.3 is 20.1 Å². The number of aliphatic hydroxyl groups excluding tert-OH is 1. The standard InChI is InChI=1S/C22H20O5/c1-2-27-17-9-16(26)22-18-11-4-3-5-13(23)19(11)15(25)8-12(18)10-6-7-14(24)21(17)20(10)22/h3-7,12,16-17,23-24,26H,2,8-9H2,1H3/t12-,16+,17-/m1/s1. The molecule has 0 aliphatic heterocycles. The van der Waals surface area contributed by atoms with Crippen molar-refractivity contribution in [2.45, 2.75) is 37.9 Å². The fourth-order valence-corrected chi connectivity index (χ4v) is 5.05. The largest absolute Gasteiger partial charge is 0.508 e. The number of ether oxygens (including phenoxy) is 1. The predicted octanol–water partition coefficient (Wildman–Crippen LogP) is 3.53. The molecule has 3 aliphatic rings. The Morgan fingerprint density at radius 3 is 2.67 bits per heavy atom. The van der Waals surface area contributed by atoms with Gasteiger partial charge in [0.25, 0.3) is 0 Å². The molecule has 138 valence electrons. The minimum atomic E-state index is -0.752. The van der Waals surface area contributed by atoms with Gasteiger partial charge in [-0.3, -0.25) is 4.79 Å². The monoisotopic (exact) mass is 364 g/mol. The van der Waals surface area contributed by atoms with Gasteiger partial charge in [-0.2, -0.15) is 0 Å². The highest BCUT2D eigenvalue weighted by molar-refractivity contribution is 6.14. The SMILES string of the molecule is CCO[C@@H]1C[C@H](O)C2=C3c4cccc(O)c4C(=O)C[C@@H]3c3ccc(O)c1c32. The minimum absolute atomic E-state index is 0.0273. The van der Waals surface area contributed by atoms with Crippen molar-refractivity contribution >= 4 is 16.9 Å². The lowest BCUT2D eigenvalue weighted by Gasteiger charge is -2.31. The number of Topliss-reactive ketones (excluding diaryl/α,β-unsaturated/α-hetero) is 1. The Kier molecular flexibility index (Phi) is 3.48. The summed E-state index contributed by atoms with van der Waals surface area (Å²) in [5.74, 6) is -0.154. The van der Waals surface area contributed by atoms with E-state index in [2.05, 4.69) is 0 Å². The van der Waals surface area contributed by atoms with Crippen molar-refractivity contribution in [2.24, 2.45) is 0 Å². The molecule has 0 heterocycles. The molecule has 2 aromatic rings. The molecule has 3 aliphatic carbocycles. The van der Waals surface area contributed by atoms with E-state index in [1.54, 1.807) is 12.1 Å². The van der Waals surface area contributed by atoms with Crippen LogP contribution in [0.15, 0.2) is 30.3 Å². The van der Waals surface area contributed by atoms with Crippen molar-refractivity contribution in [3.05, 3.63) is 58.1 Å². The van der Waals surface area contributed by atoms with Gasteiger partial charge in [0.15, 0.2) is 5.78 Å². The van der Waals surface area contributed by atoms with E-state index in [-0.39, 0.29) is 35.7 Å². The van der Waals surface area contributed by atoms with E-state index < -0.39 is 6.10 Å². The van der Waals surface area contributed by atoms with Gasteiger partial charge >= 0.3 is 0 Å². The second kappa shape index (κ2) is 5.68. The Hall–Kier alpha value is -2.63. The smallest absolute Gasteiger partial charge is 0.168 e. The summed E-state index contributed by atoms with van der Waals surface area (Å²) < 4.78 is 5.81. The van der Waals surface area contributed by atoms with Gasteiger partial charge in [0.1, 0.15) is 11.5 Å². The van der Waals surface area contributed by atoms with Crippen molar-refractivity contribution in [2.75, 3.05) is 6.61 Å². The van der Waals surface area contributed by atoms with Gasteiger partial charge in [0.05, 0.1) is 17.8 Å². The Morgan fingerprint density at radius 2 is 1.89 bits per heavy atom. The average Bonchev–Trinajstić information content (AvgIpc) is 2.96. The van der Waals surface area contributed by atoms with Crippen molar-refractivity contribution in [3.8, 4) is 11.5 Å². The first kappa shape index (κ1) is 16.5. The maximum absolute atomic E-state index is 12.8. The van der Waals surface area contributed by atoms with Crippen molar-refractivity contribution < 1.29 is 24.9 Å². The molecule has 5 heteroatoms. The zero-order chi connectivity index (χ0) is 18.9. The molecule has 0 bridgehead atoms. The van der Waals surface area contributed by atoms with Gasteiger partial charge in [0.2, 0.25) is 0 Å². The second-order valence-corrected chi connectivity index (χ2v) is 7.37. The average molecular weight is 364 g/mol. The molecule has 0 saturated carbocycles. The van der Waals surface area contributed by atoms with Crippen LogP contribution in [0.4, 0.5) is 0 Å². The fraction of sp³-hybridized carbons (Fsp3) is 0.318. The van der Waals surface area contributed by atoms with E-state index in [4.69, 9.17) is 4.74 Å². The number of aromatic hydroxyl groups is 2. The molecule has 0 fully saturated rings. The lowest BCUT2D eigenvalue weighted by atomic mass is 9.77. The van der Waals surface area contributed by atoms with E-state index in [1.165, 1.54) is 6.07 Å². The van der Waals surface area contributed by atoms with Crippen LogP contribution in [0.5, 0.6) is 11.5 Å². The van der Waals surface area contributed by atoms with E-state index in [0.29, 0.717) is 29.7 Å². The molecule has 27 heavy (non-hydrogen) atoms. The molecule has 2 aromatic carbocycles. The first-order valence-corrected chi connectivity index (χ1v) is 9.28. The Labute approximate surface area is 156 Å². The molecular formula is C22H20O5. The molecule has 3 N–H and O–H groups in total. The number of fused-ring (bicyclic) bond motifs is 4. The van der Waals surface area contributed by atoms with E-state index in [1.807, 2.05) is 19.1 Å². The molecule has 0 radical (unpaired) electrons. The number of hydrogen-bond acceptors (Lipinski definition) is 5.